The fourth-order valence-electron chi connectivity index (χ4n) is 3.90. The molecule has 0 radical (unpaired) electrons. The number of hydrogen-bond donors (Lipinski definition) is 2. The zero-order chi connectivity index (χ0) is 28.9. The first-order chi connectivity index (χ1) is 18.4. The summed E-state index contributed by atoms with van der Waals surface area (Å²) in [7, 11) is 3.09. The highest BCUT2D eigenvalue weighted by Crippen LogP contribution is 2.30. The van der Waals surface area contributed by atoms with Gasteiger partial charge in [-0.2, -0.15) is 18.2 Å². The molecule has 0 unspecified atom stereocenters. The van der Waals surface area contributed by atoms with Crippen molar-refractivity contribution in [2.24, 2.45) is 7.05 Å². The predicted molar refractivity (Wildman–Crippen MR) is 133 cm³/mol. The van der Waals surface area contributed by atoms with Gasteiger partial charge in [-0.25, -0.2) is 14.2 Å². The minimum absolute atomic E-state index is 0.155. The number of imidazole rings is 1. The molecule has 3 aromatic rings. The summed E-state index contributed by atoms with van der Waals surface area (Å²) >= 11 is 0. The number of benzene rings is 1. The zero-order valence-corrected chi connectivity index (χ0v) is 21.3. The van der Waals surface area contributed by atoms with E-state index in [2.05, 4.69) is 10.2 Å². The van der Waals surface area contributed by atoms with Gasteiger partial charge < -0.3 is 24.8 Å². The molecule has 1 aliphatic heterocycles. The van der Waals surface area contributed by atoms with Gasteiger partial charge in [-0.3, -0.25) is 18.7 Å². The molecule has 3 heterocycles. The molecule has 1 saturated heterocycles. The lowest BCUT2D eigenvalue weighted by Crippen LogP contribution is -2.44. The second-order valence-corrected chi connectivity index (χ2v) is 8.17. The Balaban J connectivity index is 0.000000532. The minimum atomic E-state index is -5.08. The van der Waals surface area contributed by atoms with Crippen LogP contribution in [0.3, 0.4) is 0 Å². The molecule has 0 atom stereocenters. The SMILES string of the molecule is CCOC(=O)Cn1c(=O)c2c(nc(N3CCNCC3)n2-c2ccccc2OC)n(C)c1=O.O=C(O)C(F)(F)F. The number of fused-ring (bicyclic) bond motifs is 1. The van der Waals surface area contributed by atoms with Crippen LogP contribution in [-0.2, 0) is 27.9 Å². The van der Waals surface area contributed by atoms with Crippen LogP contribution in [0.15, 0.2) is 33.9 Å². The highest BCUT2D eigenvalue weighted by Gasteiger charge is 2.38. The van der Waals surface area contributed by atoms with Gasteiger partial charge in [0.25, 0.3) is 5.56 Å². The number of aromatic nitrogens is 4. The molecule has 212 valence electrons. The van der Waals surface area contributed by atoms with Crippen LogP contribution in [0.4, 0.5) is 19.1 Å². The number of halogens is 3. The van der Waals surface area contributed by atoms with E-state index >= 15 is 0 Å². The van der Waals surface area contributed by atoms with Crippen molar-refractivity contribution in [2.45, 2.75) is 19.6 Å². The normalized spacial score (nSPS) is 13.5. The van der Waals surface area contributed by atoms with Gasteiger partial charge >= 0.3 is 23.8 Å². The lowest BCUT2D eigenvalue weighted by Gasteiger charge is -2.29. The Bertz CT molecular complexity index is 1470. The van der Waals surface area contributed by atoms with Crippen LogP contribution in [-0.4, -0.2) is 81.8 Å². The number of aryl methyl sites for hydroxylation is 1. The summed E-state index contributed by atoms with van der Waals surface area (Å²) in [6, 6.07) is 7.29. The number of carbonyl (C=O) groups is 2. The number of carboxylic acids is 1. The molecule has 2 aromatic heterocycles. The molecule has 4 rings (SSSR count). The molecule has 0 amide bonds. The number of rotatable bonds is 6. The number of methoxy groups -OCH3 is 1. The third-order valence-corrected chi connectivity index (χ3v) is 5.69. The molecule has 0 spiro atoms. The first kappa shape index (κ1) is 29.2. The van der Waals surface area contributed by atoms with Gasteiger partial charge in [-0.05, 0) is 19.1 Å². The summed E-state index contributed by atoms with van der Waals surface area (Å²) in [5.74, 6) is -2.33. The van der Waals surface area contributed by atoms with E-state index in [-0.39, 0.29) is 17.8 Å². The molecule has 13 nitrogen and oxygen atoms in total. The number of carboxylic acid groups (broad SMARTS) is 1. The Kier molecular flexibility index (Phi) is 9.00. The lowest BCUT2D eigenvalue weighted by molar-refractivity contribution is -0.192. The second-order valence-electron chi connectivity index (χ2n) is 8.17. The maximum atomic E-state index is 13.5. The number of aliphatic carboxylic acids is 1. The molecule has 1 aliphatic rings. The topological polar surface area (TPSA) is 150 Å². The number of carbonyl (C=O) groups excluding carboxylic acids is 1. The summed E-state index contributed by atoms with van der Waals surface area (Å²) in [6.07, 6.45) is -5.08. The number of para-hydroxylation sites is 2. The Morgan fingerprint density at radius 3 is 2.33 bits per heavy atom. The fourth-order valence-corrected chi connectivity index (χ4v) is 3.90. The highest BCUT2D eigenvalue weighted by atomic mass is 19.4. The molecule has 1 aromatic carbocycles. The predicted octanol–water partition coefficient (Wildman–Crippen LogP) is 0.501. The van der Waals surface area contributed by atoms with Crippen LogP contribution in [0.1, 0.15) is 6.92 Å². The van der Waals surface area contributed by atoms with Gasteiger partial charge in [0.1, 0.15) is 12.3 Å². The first-order valence-electron chi connectivity index (χ1n) is 11.7. The van der Waals surface area contributed by atoms with Crippen molar-refractivity contribution >= 4 is 29.1 Å². The fraction of sp³-hybridized carbons (Fsp3) is 0.435. The van der Waals surface area contributed by atoms with Crippen molar-refractivity contribution in [3.63, 3.8) is 0 Å². The van der Waals surface area contributed by atoms with Crippen LogP contribution >= 0.6 is 0 Å². The molecule has 16 heteroatoms. The average molecular weight is 556 g/mol. The van der Waals surface area contributed by atoms with Gasteiger partial charge in [-0.1, -0.05) is 12.1 Å². The molecule has 0 saturated carbocycles. The summed E-state index contributed by atoms with van der Waals surface area (Å²) < 4.78 is 46.1. The lowest BCUT2D eigenvalue weighted by atomic mass is 10.2. The Labute approximate surface area is 219 Å². The standard InChI is InChI=1S/C21H26N6O5.C2HF3O2/c1-4-32-16(28)13-26-19(29)17-18(24(2)21(26)30)23-20(25-11-9-22-10-12-25)27(17)14-7-5-6-8-15(14)31-3;3-2(4,5)1(6)7/h5-8,22H,4,9-13H2,1-3H3;(H,6,7). The maximum Gasteiger partial charge on any atom is 0.490 e. The number of nitrogens with one attached hydrogen (secondary N) is 1. The summed E-state index contributed by atoms with van der Waals surface area (Å²) in [5, 5.41) is 10.4. The summed E-state index contributed by atoms with van der Waals surface area (Å²) in [4.78, 5) is 54.2. The molecule has 0 bridgehead atoms. The van der Waals surface area contributed by atoms with Crippen LogP contribution in [0.25, 0.3) is 16.9 Å². The molecule has 2 N–H and O–H groups in total. The van der Waals surface area contributed by atoms with Gasteiger partial charge in [0.2, 0.25) is 5.95 Å². The van der Waals surface area contributed by atoms with Crippen molar-refractivity contribution in [3.05, 3.63) is 45.1 Å². The summed E-state index contributed by atoms with van der Waals surface area (Å²) in [5.41, 5.74) is -0.207. The minimum Gasteiger partial charge on any atom is -0.495 e. The Morgan fingerprint density at radius 1 is 1.15 bits per heavy atom. The molecular weight excluding hydrogens is 529 g/mol. The Morgan fingerprint density at radius 2 is 1.77 bits per heavy atom. The number of piperazine rings is 1. The number of ether oxygens (including phenoxy) is 2. The van der Waals surface area contributed by atoms with Gasteiger partial charge in [0.05, 0.1) is 19.4 Å². The van der Waals surface area contributed by atoms with Crippen LogP contribution < -0.4 is 26.2 Å². The largest absolute Gasteiger partial charge is 0.495 e. The Hall–Kier alpha value is -4.34. The van der Waals surface area contributed by atoms with Gasteiger partial charge in [-0.15, -0.1) is 0 Å². The number of nitrogens with zero attached hydrogens (tertiary/aromatic N) is 5. The van der Waals surface area contributed by atoms with E-state index in [1.807, 2.05) is 18.2 Å². The van der Waals surface area contributed by atoms with Crippen LogP contribution in [0, 0.1) is 0 Å². The highest BCUT2D eigenvalue weighted by molar-refractivity contribution is 5.79. The van der Waals surface area contributed by atoms with Crippen molar-refractivity contribution in [1.82, 2.24) is 24.0 Å². The average Bonchev–Trinajstić information content (AvgIpc) is 3.31. The summed E-state index contributed by atoms with van der Waals surface area (Å²) in [6.45, 7) is 4.24. The number of alkyl halides is 3. The smallest absolute Gasteiger partial charge is 0.490 e. The van der Waals surface area contributed by atoms with E-state index in [1.54, 1.807) is 24.7 Å². The van der Waals surface area contributed by atoms with Crippen LogP contribution in [0.2, 0.25) is 0 Å². The zero-order valence-electron chi connectivity index (χ0n) is 21.3. The monoisotopic (exact) mass is 556 g/mol. The molecule has 39 heavy (non-hydrogen) atoms. The number of hydrogen-bond acceptors (Lipinski definition) is 9. The van der Waals surface area contributed by atoms with E-state index < -0.39 is 35.9 Å². The van der Waals surface area contributed by atoms with E-state index in [4.69, 9.17) is 24.4 Å². The van der Waals surface area contributed by atoms with E-state index in [9.17, 15) is 27.6 Å². The van der Waals surface area contributed by atoms with Crippen molar-refractivity contribution in [2.75, 3.05) is 44.8 Å². The number of anilines is 1. The molecular formula is C23H27F3N6O7. The van der Waals surface area contributed by atoms with E-state index in [0.29, 0.717) is 30.5 Å². The van der Waals surface area contributed by atoms with Crippen molar-refractivity contribution in [1.29, 1.82) is 0 Å². The second kappa shape index (κ2) is 12.0. The third-order valence-electron chi connectivity index (χ3n) is 5.69. The van der Waals surface area contributed by atoms with E-state index in [0.717, 1.165) is 17.7 Å². The van der Waals surface area contributed by atoms with Gasteiger partial charge in [0, 0.05) is 33.2 Å². The van der Waals surface area contributed by atoms with Crippen molar-refractivity contribution < 1.29 is 37.3 Å². The molecule has 0 aliphatic carbocycles. The van der Waals surface area contributed by atoms with Gasteiger partial charge in [0.15, 0.2) is 11.2 Å². The van der Waals surface area contributed by atoms with Crippen molar-refractivity contribution in [3.8, 4) is 11.4 Å². The van der Waals surface area contributed by atoms with E-state index in [1.165, 1.54) is 11.6 Å². The first-order valence-corrected chi connectivity index (χ1v) is 11.7. The third kappa shape index (κ3) is 6.22. The molecule has 1 fully saturated rings. The maximum absolute atomic E-state index is 13.5. The number of esters is 1. The van der Waals surface area contributed by atoms with Crippen LogP contribution in [0.5, 0.6) is 5.75 Å². The quantitative estimate of drug-likeness (QED) is 0.411.